The van der Waals surface area contributed by atoms with E-state index in [9.17, 15) is 9.59 Å². The molecule has 2 atom stereocenters. The molecule has 0 bridgehead atoms. The van der Waals surface area contributed by atoms with Gasteiger partial charge in [-0.15, -0.1) is 0 Å². The maximum absolute atomic E-state index is 10.9. The number of ether oxygens (including phenoxy) is 1. The van der Waals surface area contributed by atoms with Gasteiger partial charge in [0.2, 0.25) is 0 Å². The molecule has 1 fully saturated rings. The van der Waals surface area contributed by atoms with Crippen LogP contribution >= 0.6 is 0 Å². The molecule has 13 heavy (non-hydrogen) atoms. The Morgan fingerprint density at radius 2 is 2.15 bits per heavy atom. The minimum atomic E-state index is -0.446. The molecule has 1 rings (SSSR count). The molecule has 1 amide bonds. The zero-order valence-corrected chi connectivity index (χ0v) is 7.79. The zero-order chi connectivity index (χ0) is 9.68. The Morgan fingerprint density at radius 3 is 2.77 bits per heavy atom. The molecular weight excluding hydrogens is 170 g/mol. The molecule has 0 radical (unpaired) electrons. The SMILES string of the molecule is COC(=O)N[C@@H]1CCCC[C@@H]1C=O. The molecule has 0 saturated heterocycles. The van der Waals surface area contributed by atoms with Gasteiger partial charge < -0.3 is 14.8 Å². The molecule has 1 aliphatic rings. The monoisotopic (exact) mass is 185 g/mol. The Hall–Kier alpha value is -1.06. The van der Waals surface area contributed by atoms with E-state index in [2.05, 4.69) is 10.1 Å². The van der Waals surface area contributed by atoms with E-state index in [4.69, 9.17) is 0 Å². The summed E-state index contributed by atoms with van der Waals surface area (Å²) in [5.41, 5.74) is 0. The van der Waals surface area contributed by atoms with Crippen LogP contribution in [0.1, 0.15) is 25.7 Å². The van der Waals surface area contributed by atoms with Crippen LogP contribution < -0.4 is 5.32 Å². The van der Waals surface area contributed by atoms with Gasteiger partial charge in [-0.25, -0.2) is 4.79 Å². The summed E-state index contributed by atoms with van der Waals surface area (Å²) in [4.78, 5) is 21.5. The van der Waals surface area contributed by atoms with Crippen LogP contribution in [0, 0.1) is 5.92 Å². The number of methoxy groups -OCH3 is 1. The van der Waals surface area contributed by atoms with E-state index in [-0.39, 0.29) is 12.0 Å². The van der Waals surface area contributed by atoms with E-state index in [1.807, 2.05) is 0 Å². The number of amides is 1. The van der Waals surface area contributed by atoms with E-state index in [0.717, 1.165) is 32.0 Å². The third kappa shape index (κ3) is 2.72. The minimum absolute atomic E-state index is 0.0290. The average Bonchev–Trinajstić information content (AvgIpc) is 2.18. The fourth-order valence-electron chi connectivity index (χ4n) is 1.71. The van der Waals surface area contributed by atoms with Crippen molar-refractivity contribution in [3.63, 3.8) is 0 Å². The summed E-state index contributed by atoms with van der Waals surface area (Å²) in [6.07, 6.45) is 4.37. The second kappa shape index (κ2) is 4.84. The Kier molecular flexibility index (Phi) is 3.73. The quantitative estimate of drug-likeness (QED) is 0.655. The molecule has 4 nitrogen and oxygen atoms in total. The summed E-state index contributed by atoms with van der Waals surface area (Å²) in [6, 6.07) is -0.0290. The number of alkyl carbamates (subject to hydrolysis) is 1. The van der Waals surface area contributed by atoms with Crippen molar-refractivity contribution in [1.82, 2.24) is 5.32 Å². The van der Waals surface area contributed by atoms with E-state index >= 15 is 0 Å². The van der Waals surface area contributed by atoms with Crippen molar-refractivity contribution in [3.05, 3.63) is 0 Å². The molecule has 1 saturated carbocycles. The lowest BCUT2D eigenvalue weighted by molar-refractivity contribution is -0.112. The predicted molar refractivity (Wildman–Crippen MR) is 47.4 cm³/mol. The highest BCUT2D eigenvalue weighted by Gasteiger charge is 2.25. The van der Waals surface area contributed by atoms with Crippen LogP contribution in [-0.2, 0) is 9.53 Å². The first kappa shape index (κ1) is 10.0. The number of nitrogens with one attached hydrogen (secondary N) is 1. The van der Waals surface area contributed by atoms with Crippen molar-refractivity contribution >= 4 is 12.4 Å². The van der Waals surface area contributed by atoms with Crippen LogP contribution in [0.5, 0.6) is 0 Å². The Balaban J connectivity index is 2.44. The van der Waals surface area contributed by atoms with Gasteiger partial charge in [-0.3, -0.25) is 0 Å². The maximum atomic E-state index is 10.9. The van der Waals surface area contributed by atoms with Crippen LogP contribution in [0.25, 0.3) is 0 Å². The lowest BCUT2D eigenvalue weighted by atomic mass is 9.86. The Labute approximate surface area is 77.6 Å². The highest BCUT2D eigenvalue weighted by molar-refractivity contribution is 5.68. The number of carbonyl (C=O) groups excluding carboxylic acids is 2. The molecule has 0 aromatic rings. The fourth-order valence-corrected chi connectivity index (χ4v) is 1.71. The van der Waals surface area contributed by atoms with Crippen LogP contribution in [-0.4, -0.2) is 25.5 Å². The van der Waals surface area contributed by atoms with Crippen LogP contribution in [0.15, 0.2) is 0 Å². The summed E-state index contributed by atoms with van der Waals surface area (Å²) in [6.45, 7) is 0. The summed E-state index contributed by atoms with van der Waals surface area (Å²) >= 11 is 0. The molecule has 0 spiro atoms. The van der Waals surface area contributed by atoms with Gasteiger partial charge in [0.25, 0.3) is 0 Å². The standard InChI is InChI=1S/C9H15NO3/c1-13-9(12)10-8-5-3-2-4-7(8)6-11/h6-8H,2-5H2,1H3,(H,10,12)/t7-,8-/m1/s1. The number of aldehydes is 1. The molecule has 0 aromatic carbocycles. The van der Waals surface area contributed by atoms with Crippen molar-refractivity contribution in [1.29, 1.82) is 0 Å². The van der Waals surface area contributed by atoms with Crippen molar-refractivity contribution in [2.75, 3.05) is 7.11 Å². The van der Waals surface area contributed by atoms with Crippen LogP contribution in [0.3, 0.4) is 0 Å². The van der Waals surface area contributed by atoms with Gasteiger partial charge in [-0.2, -0.15) is 0 Å². The highest BCUT2D eigenvalue weighted by atomic mass is 16.5. The van der Waals surface area contributed by atoms with E-state index in [0.29, 0.717) is 0 Å². The van der Waals surface area contributed by atoms with Gasteiger partial charge in [0.05, 0.1) is 7.11 Å². The Morgan fingerprint density at radius 1 is 1.46 bits per heavy atom. The molecule has 74 valence electrons. The molecule has 0 heterocycles. The molecule has 1 N–H and O–H groups in total. The van der Waals surface area contributed by atoms with Gasteiger partial charge >= 0.3 is 6.09 Å². The topological polar surface area (TPSA) is 55.4 Å². The van der Waals surface area contributed by atoms with Crippen LogP contribution in [0.2, 0.25) is 0 Å². The number of rotatable bonds is 2. The molecule has 0 aromatic heterocycles. The fraction of sp³-hybridized carbons (Fsp3) is 0.778. The molecule has 0 unspecified atom stereocenters. The smallest absolute Gasteiger partial charge is 0.407 e. The van der Waals surface area contributed by atoms with Crippen LogP contribution in [0.4, 0.5) is 4.79 Å². The molecular formula is C9H15NO3. The summed E-state index contributed by atoms with van der Waals surface area (Å²) in [5.74, 6) is -0.0344. The normalized spacial score (nSPS) is 27.8. The zero-order valence-electron chi connectivity index (χ0n) is 7.79. The molecule has 0 aliphatic heterocycles. The largest absolute Gasteiger partial charge is 0.453 e. The number of hydrogen-bond donors (Lipinski definition) is 1. The number of carbonyl (C=O) groups is 2. The van der Waals surface area contributed by atoms with Gasteiger partial charge in [-0.1, -0.05) is 12.8 Å². The van der Waals surface area contributed by atoms with Gasteiger partial charge in [0, 0.05) is 12.0 Å². The van der Waals surface area contributed by atoms with E-state index in [1.165, 1.54) is 7.11 Å². The first-order valence-corrected chi connectivity index (χ1v) is 4.57. The van der Waals surface area contributed by atoms with Crippen molar-refractivity contribution in [3.8, 4) is 0 Å². The average molecular weight is 185 g/mol. The first-order chi connectivity index (χ1) is 6.27. The van der Waals surface area contributed by atoms with E-state index < -0.39 is 6.09 Å². The highest BCUT2D eigenvalue weighted by Crippen LogP contribution is 2.22. The summed E-state index contributed by atoms with van der Waals surface area (Å²) in [7, 11) is 1.33. The Bertz CT molecular complexity index is 193. The molecule has 1 aliphatic carbocycles. The summed E-state index contributed by atoms with van der Waals surface area (Å²) < 4.78 is 4.48. The second-order valence-electron chi connectivity index (χ2n) is 3.33. The minimum Gasteiger partial charge on any atom is -0.453 e. The van der Waals surface area contributed by atoms with E-state index in [1.54, 1.807) is 0 Å². The van der Waals surface area contributed by atoms with Gasteiger partial charge in [-0.05, 0) is 12.8 Å². The summed E-state index contributed by atoms with van der Waals surface area (Å²) in [5, 5.41) is 2.68. The first-order valence-electron chi connectivity index (χ1n) is 4.57. The predicted octanol–water partition coefficient (Wildman–Crippen LogP) is 1.10. The lowest BCUT2D eigenvalue weighted by Crippen LogP contribution is -2.42. The van der Waals surface area contributed by atoms with Crippen molar-refractivity contribution < 1.29 is 14.3 Å². The second-order valence-corrected chi connectivity index (χ2v) is 3.33. The van der Waals surface area contributed by atoms with Crippen molar-refractivity contribution in [2.24, 2.45) is 5.92 Å². The maximum Gasteiger partial charge on any atom is 0.407 e. The third-order valence-electron chi connectivity index (χ3n) is 2.48. The number of hydrogen-bond acceptors (Lipinski definition) is 3. The van der Waals surface area contributed by atoms with Gasteiger partial charge in [0.15, 0.2) is 0 Å². The molecule has 4 heteroatoms. The van der Waals surface area contributed by atoms with Gasteiger partial charge in [0.1, 0.15) is 6.29 Å². The lowest BCUT2D eigenvalue weighted by Gasteiger charge is -2.27. The third-order valence-corrected chi connectivity index (χ3v) is 2.48. The van der Waals surface area contributed by atoms with Crippen molar-refractivity contribution in [2.45, 2.75) is 31.7 Å².